The summed E-state index contributed by atoms with van der Waals surface area (Å²) in [4.78, 5) is 10.0. The molecule has 0 spiro atoms. The molecule has 112 valence electrons. The van der Waals surface area contributed by atoms with Gasteiger partial charge in [0.15, 0.2) is 11.6 Å². The Morgan fingerprint density at radius 1 is 1.40 bits per heavy atom. The van der Waals surface area contributed by atoms with Crippen molar-refractivity contribution in [1.29, 1.82) is 0 Å². The highest BCUT2D eigenvalue weighted by Crippen LogP contribution is 2.23. The van der Waals surface area contributed by atoms with Gasteiger partial charge in [0.2, 0.25) is 0 Å². The van der Waals surface area contributed by atoms with Gasteiger partial charge >= 0.3 is 0 Å². The minimum Gasteiger partial charge on any atom is -0.378 e. The normalized spacial score (nSPS) is 16.6. The first-order valence-electron chi connectivity index (χ1n) is 7.32. The van der Waals surface area contributed by atoms with Gasteiger partial charge < -0.3 is 15.4 Å². The van der Waals surface area contributed by atoms with Crippen LogP contribution < -0.4 is 10.6 Å². The lowest BCUT2D eigenvalue weighted by Crippen LogP contribution is -2.38. The van der Waals surface area contributed by atoms with Gasteiger partial charge in [-0.1, -0.05) is 6.92 Å². The van der Waals surface area contributed by atoms with Gasteiger partial charge in [-0.3, -0.25) is 0 Å². The highest BCUT2D eigenvalue weighted by Gasteiger charge is 2.23. The van der Waals surface area contributed by atoms with E-state index in [1.165, 1.54) is 6.33 Å². The van der Waals surface area contributed by atoms with Crippen LogP contribution in [0.4, 0.5) is 10.2 Å². The maximum Gasteiger partial charge on any atom is 0.187 e. The Balaban J connectivity index is 1.90. The maximum absolute atomic E-state index is 14.2. The number of nitrogens with two attached hydrogens (primary N) is 1. The molecular weight excluding hydrogens is 259 g/mol. The summed E-state index contributed by atoms with van der Waals surface area (Å²) in [7, 11) is 0. The van der Waals surface area contributed by atoms with E-state index < -0.39 is 0 Å². The fourth-order valence-electron chi connectivity index (χ4n) is 2.43. The molecule has 0 radical (unpaired) electrons. The molecule has 0 aromatic carbocycles. The molecule has 6 heteroatoms. The van der Waals surface area contributed by atoms with E-state index in [9.17, 15) is 4.39 Å². The second kappa shape index (κ2) is 7.50. The van der Waals surface area contributed by atoms with Gasteiger partial charge in [-0.2, -0.15) is 0 Å². The molecule has 1 fully saturated rings. The zero-order valence-electron chi connectivity index (χ0n) is 12.0. The van der Waals surface area contributed by atoms with Gasteiger partial charge in [-0.25, -0.2) is 14.4 Å². The molecule has 0 bridgehead atoms. The molecule has 0 saturated carbocycles. The molecule has 1 aliphatic rings. The van der Waals surface area contributed by atoms with E-state index in [0.29, 0.717) is 31.1 Å². The average molecular weight is 282 g/mol. The van der Waals surface area contributed by atoms with Crippen molar-refractivity contribution < 1.29 is 9.13 Å². The molecule has 2 heterocycles. The summed E-state index contributed by atoms with van der Waals surface area (Å²) in [5, 5.41) is 0. The van der Waals surface area contributed by atoms with Gasteiger partial charge in [0.1, 0.15) is 6.33 Å². The number of ether oxygens (including phenoxy) is 1. The number of anilines is 1. The number of aromatic nitrogens is 2. The molecule has 2 N–H and O–H groups in total. The van der Waals surface area contributed by atoms with E-state index in [1.807, 2.05) is 11.8 Å². The molecule has 0 aliphatic carbocycles. The smallest absolute Gasteiger partial charge is 0.187 e. The molecule has 1 saturated heterocycles. The first-order chi connectivity index (χ1) is 9.76. The molecule has 1 aromatic rings. The first kappa shape index (κ1) is 15.1. The third-order valence-electron chi connectivity index (χ3n) is 3.62. The SMILES string of the molecule is CCc1ncnc(N2CCC(OCCCN)CC2)c1F. The van der Waals surface area contributed by atoms with Gasteiger partial charge in [0, 0.05) is 19.7 Å². The van der Waals surface area contributed by atoms with Crippen LogP contribution in [0, 0.1) is 5.82 Å². The summed E-state index contributed by atoms with van der Waals surface area (Å²) in [6.45, 7) is 4.80. The summed E-state index contributed by atoms with van der Waals surface area (Å²) in [5.74, 6) is 0.148. The Morgan fingerprint density at radius 2 is 2.15 bits per heavy atom. The Bertz CT molecular complexity index is 422. The zero-order valence-corrected chi connectivity index (χ0v) is 12.0. The van der Waals surface area contributed by atoms with Crippen LogP contribution in [0.5, 0.6) is 0 Å². The van der Waals surface area contributed by atoms with Crippen LogP contribution in [-0.4, -0.2) is 42.3 Å². The first-order valence-corrected chi connectivity index (χ1v) is 7.32. The third kappa shape index (κ3) is 3.64. The Hall–Kier alpha value is -1.27. The van der Waals surface area contributed by atoms with E-state index in [0.717, 1.165) is 32.4 Å². The monoisotopic (exact) mass is 282 g/mol. The van der Waals surface area contributed by atoms with Crippen molar-refractivity contribution in [2.45, 2.75) is 38.7 Å². The molecule has 20 heavy (non-hydrogen) atoms. The number of nitrogens with zero attached hydrogens (tertiary/aromatic N) is 3. The van der Waals surface area contributed by atoms with Crippen LogP contribution >= 0.6 is 0 Å². The summed E-state index contributed by atoms with van der Waals surface area (Å²) in [6.07, 6.45) is 4.97. The van der Waals surface area contributed by atoms with Gasteiger partial charge in [-0.05, 0) is 32.2 Å². The minimum absolute atomic E-state index is 0.258. The standard InChI is InChI=1S/C14H23FN4O/c1-2-12-13(15)14(18-10-17-12)19-7-4-11(5-8-19)20-9-3-6-16/h10-11H,2-9,16H2,1H3. The van der Waals surface area contributed by atoms with E-state index >= 15 is 0 Å². The number of hydrogen-bond donors (Lipinski definition) is 1. The van der Waals surface area contributed by atoms with Crippen molar-refractivity contribution in [3.63, 3.8) is 0 Å². The molecule has 0 atom stereocenters. The molecule has 0 unspecified atom stereocenters. The van der Waals surface area contributed by atoms with Crippen LogP contribution in [-0.2, 0) is 11.2 Å². The largest absolute Gasteiger partial charge is 0.378 e. The van der Waals surface area contributed by atoms with Crippen LogP contribution in [0.1, 0.15) is 31.9 Å². The van der Waals surface area contributed by atoms with Crippen LogP contribution in [0.2, 0.25) is 0 Å². The van der Waals surface area contributed by atoms with Crippen molar-refractivity contribution in [1.82, 2.24) is 9.97 Å². The molecule has 1 aliphatic heterocycles. The molecule has 2 rings (SSSR count). The number of hydrogen-bond acceptors (Lipinski definition) is 5. The topological polar surface area (TPSA) is 64.3 Å². The van der Waals surface area contributed by atoms with Crippen molar-refractivity contribution in [3.05, 3.63) is 17.8 Å². The molecule has 5 nitrogen and oxygen atoms in total. The number of piperidine rings is 1. The quantitative estimate of drug-likeness (QED) is 0.801. The maximum atomic E-state index is 14.2. The highest BCUT2D eigenvalue weighted by molar-refractivity contribution is 5.41. The van der Waals surface area contributed by atoms with Crippen LogP contribution in [0.15, 0.2) is 6.33 Å². The number of rotatable bonds is 6. The van der Waals surface area contributed by atoms with Crippen LogP contribution in [0.25, 0.3) is 0 Å². The third-order valence-corrected chi connectivity index (χ3v) is 3.62. The summed E-state index contributed by atoms with van der Waals surface area (Å²) in [6, 6.07) is 0. The Kier molecular flexibility index (Phi) is 5.67. The van der Waals surface area contributed by atoms with Gasteiger partial charge in [0.25, 0.3) is 0 Å². The predicted octanol–water partition coefficient (Wildman–Crippen LogP) is 1.51. The second-order valence-electron chi connectivity index (χ2n) is 5.01. The van der Waals surface area contributed by atoms with Gasteiger partial charge in [-0.15, -0.1) is 0 Å². The number of halogens is 1. The van der Waals surface area contributed by atoms with E-state index in [4.69, 9.17) is 10.5 Å². The second-order valence-corrected chi connectivity index (χ2v) is 5.01. The Morgan fingerprint density at radius 3 is 2.80 bits per heavy atom. The zero-order chi connectivity index (χ0) is 14.4. The summed E-state index contributed by atoms with van der Waals surface area (Å²) in [5.41, 5.74) is 5.92. The lowest BCUT2D eigenvalue weighted by atomic mass is 10.1. The molecule has 1 aromatic heterocycles. The Labute approximate surface area is 119 Å². The van der Waals surface area contributed by atoms with E-state index in [2.05, 4.69) is 9.97 Å². The summed E-state index contributed by atoms with van der Waals surface area (Å²) >= 11 is 0. The molecular formula is C14H23FN4O. The fourth-order valence-corrected chi connectivity index (χ4v) is 2.43. The van der Waals surface area contributed by atoms with Gasteiger partial charge in [0.05, 0.1) is 11.8 Å². The average Bonchev–Trinajstić information content (AvgIpc) is 2.49. The minimum atomic E-state index is -0.280. The van der Waals surface area contributed by atoms with E-state index in [-0.39, 0.29) is 11.9 Å². The van der Waals surface area contributed by atoms with E-state index in [1.54, 1.807) is 0 Å². The molecule has 0 amide bonds. The summed E-state index contributed by atoms with van der Waals surface area (Å²) < 4.78 is 19.9. The van der Waals surface area contributed by atoms with Crippen molar-refractivity contribution in [2.75, 3.05) is 31.1 Å². The van der Waals surface area contributed by atoms with Crippen molar-refractivity contribution in [3.8, 4) is 0 Å². The lowest BCUT2D eigenvalue weighted by Gasteiger charge is -2.33. The van der Waals surface area contributed by atoms with Crippen molar-refractivity contribution in [2.24, 2.45) is 5.73 Å². The number of aryl methyl sites for hydroxylation is 1. The predicted molar refractivity (Wildman–Crippen MR) is 76.2 cm³/mol. The van der Waals surface area contributed by atoms with Crippen LogP contribution in [0.3, 0.4) is 0 Å². The fraction of sp³-hybridized carbons (Fsp3) is 0.714. The van der Waals surface area contributed by atoms with Crippen molar-refractivity contribution >= 4 is 5.82 Å². The highest BCUT2D eigenvalue weighted by atomic mass is 19.1. The lowest BCUT2D eigenvalue weighted by molar-refractivity contribution is 0.0364.